The van der Waals surface area contributed by atoms with Crippen LogP contribution in [-0.4, -0.2) is 38.4 Å². The molecule has 5 nitrogen and oxygen atoms in total. The molecule has 0 saturated heterocycles. The fraction of sp³-hybridized carbons (Fsp3) is 0.417. The van der Waals surface area contributed by atoms with E-state index in [1.54, 1.807) is 12.5 Å². The summed E-state index contributed by atoms with van der Waals surface area (Å²) in [6.45, 7) is 0.295. The lowest BCUT2D eigenvalue weighted by molar-refractivity contribution is -0.130. The van der Waals surface area contributed by atoms with Crippen LogP contribution in [-0.2, 0) is 11.3 Å². The zero-order chi connectivity index (χ0) is 12.7. The van der Waals surface area contributed by atoms with E-state index in [1.807, 2.05) is 22.6 Å². The Morgan fingerprint density at radius 1 is 1.56 bits per heavy atom. The number of nitrogens with zero attached hydrogens (tertiary/aromatic N) is 4. The molecule has 0 atom stereocenters. The van der Waals surface area contributed by atoms with Crippen LogP contribution in [0.1, 0.15) is 12.8 Å². The van der Waals surface area contributed by atoms with Gasteiger partial charge < -0.3 is 9.47 Å². The van der Waals surface area contributed by atoms with Crippen LogP contribution in [0.5, 0.6) is 0 Å². The average Bonchev–Trinajstić information content (AvgIpc) is 3.12. The molecule has 1 amide bonds. The topological polar surface area (TPSA) is 51.0 Å². The first kappa shape index (κ1) is 11.5. The van der Waals surface area contributed by atoms with Gasteiger partial charge in [0.05, 0.1) is 11.8 Å². The monoisotopic (exact) mass is 264 g/mol. The van der Waals surface area contributed by atoms with E-state index in [0.29, 0.717) is 23.3 Å². The summed E-state index contributed by atoms with van der Waals surface area (Å²) < 4.78 is 1.81. The number of imidazole rings is 1. The predicted octanol–water partition coefficient (Wildman–Crippen LogP) is 1.71. The maximum atomic E-state index is 12.0. The van der Waals surface area contributed by atoms with E-state index in [9.17, 15) is 4.79 Å². The number of rotatable bonds is 3. The minimum atomic E-state index is 0.102. The quantitative estimate of drug-likeness (QED) is 0.793. The van der Waals surface area contributed by atoms with E-state index in [2.05, 4.69) is 9.97 Å². The number of carbonyl (C=O) groups excluding carboxylic acids is 1. The molecule has 6 heteroatoms. The van der Waals surface area contributed by atoms with Gasteiger partial charge in [0.25, 0.3) is 0 Å². The third-order valence-electron chi connectivity index (χ3n) is 3.29. The SMILES string of the molecule is CN(C(=O)Cn1cnc2c(Cl)nccc21)C1CC1. The summed E-state index contributed by atoms with van der Waals surface area (Å²) >= 11 is 5.95. The Kier molecular flexibility index (Phi) is 2.70. The smallest absolute Gasteiger partial charge is 0.242 e. The predicted molar refractivity (Wildman–Crippen MR) is 68.3 cm³/mol. The number of hydrogen-bond donors (Lipinski definition) is 0. The maximum absolute atomic E-state index is 12.0. The number of fused-ring (bicyclic) bond motifs is 1. The fourth-order valence-electron chi connectivity index (χ4n) is 2.01. The van der Waals surface area contributed by atoms with Gasteiger partial charge in [0, 0.05) is 19.3 Å². The first-order valence-corrected chi connectivity index (χ1v) is 6.25. The Morgan fingerprint density at radius 3 is 3.06 bits per heavy atom. The summed E-state index contributed by atoms with van der Waals surface area (Å²) in [5.41, 5.74) is 1.48. The molecule has 2 aromatic heterocycles. The van der Waals surface area contributed by atoms with Gasteiger partial charge in [0.2, 0.25) is 5.91 Å². The molecular formula is C12H13ClN4O. The molecule has 0 radical (unpaired) electrons. The van der Waals surface area contributed by atoms with Crippen molar-refractivity contribution in [1.29, 1.82) is 0 Å². The maximum Gasteiger partial charge on any atom is 0.242 e. The van der Waals surface area contributed by atoms with Crippen molar-refractivity contribution in [2.75, 3.05) is 7.05 Å². The van der Waals surface area contributed by atoms with Gasteiger partial charge in [-0.2, -0.15) is 0 Å². The third-order valence-corrected chi connectivity index (χ3v) is 3.56. The molecule has 0 unspecified atom stereocenters. The van der Waals surface area contributed by atoms with Crippen molar-refractivity contribution in [3.63, 3.8) is 0 Å². The highest BCUT2D eigenvalue weighted by atomic mass is 35.5. The van der Waals surface area contributed by atoms with Gasteiger partial charge in [-0.15, -0.1) is 0 Å². The van der Waals surface area contributed by atoms with Crippen LogP contribution >= 0.6 is 11.6 Å². The summed E-state index contributed by atoms with van der Waals surface area (Å²) in [5.74, 6) is 0.102. The first-order chi connectivity index (χ1) is 8.66. The highest BCUT2D eigenvalue weighted by Gasteiger charge is 2.29. The number of pyridine rings is 1. The van der Waals surface area contributed by atoms with Crippen LogP contribution in [0.15, 0.2) is 18.6 Å². The second-order valence-corrected chi connectivity index (χ2v) is 4.94. The van der Waals surface area contributed by atoms with Crippen molar-refractivity contribution in [2.24, 2.45) is 0 Å². The normalized spacial score (nSPS) is 15.0. The van der Waals surface area contributed by atoms with Crippen molar-refractivity contribution in [1.82, 2.24) is 19.4 Å². The van der Waals surface area contributed by atoms with Crippen LogP contribution < -0.4 is 0 Å². The molecule has 1 fully saturated rings. The van der Waals surface area contributed by atoms with Crippen LogP contribution in [0.2, 0.25) is 5.15 Å². The summed E-state index contributed by atoms with van der Waals surface area (Å²) in [7, 11) is 1.85. The number of likely N-dealkylation sites (N-methyl/N-ethyl adjacent to an activating group) is 1. The van der Waals surface area contributed by atoms with Crippen molar-refractivity contribution in [3.05, 3.63) is 23.7 Å². The molecule has 94 valence electrons. The van der Waals surface area contributed by atoms with Crippen molar-refractivity contribution < 1.29 is 4.79 Å². The molecule has 2 aromatic rings. The molecule has 0 spiro atoms. The summed E-state index contributed by atoms with van der Waals surface area (Å²) in [6.07, 6.45) is 5.49. The molecule has 0 bridgehead atoms. The molecule has 1 aliphatic rings. The van der Waals surface area contributed by atoms with E-state index in [0.717, 1.165) is 18.4 Å². The molecule has 2 heterocycles. The first-order valence-electron chi connectivity index (χ1n) is 5.88. The number of halogens is 1. The zero-order valence-corrected chi connectivity index (χ0v) is 10.8. The van der Waals surface area contributed by atoms with Gasteiger partial charge in [-0.25, -0.2) is 9.97 Å². The molecule has 0 aliphatic heterocycles. The van der Waals surface area contributed by atoms with Gasteiger partial charge >= 0.3 is 0 Å². The molecule has 1 saturated carbocycles. The molecule has 18 heavy (non-hydrogen) atoms. The molecule has 3 rings (SSSR count). The Labute approximate surface area is 109 Å². The zero-order valence-electron chi connectivity index (χ0n) is 10.0. The molecular weight excluding hydrogens is 252 g/mol. The van der Waals surface area contributed by atoms with E-state index in [4.69, 9.17) is 11.6 Å². The third kappa shape index (κ3) is 1.95. The van der Waals surface area contributed by atoms with E-state index in [-0.39, 0.29) is 5.91 Å². The summed E-state index contributed by atoms with van der Waals surface area (Å²) in [5, 5.41) is 0.370. The number of hydrogen-bond acceptors (Lipinski definition) is 3. The lowest BCUT2D eigenvalue weighted by Crippen LogP contribution is -2.31. The lowest BCUT2D eigenvalue weighted by Gasteiger charge is -2.16. The second kappa shape index (κ2) is 4.24. The number of amides is 1. The van der Waals surface area contributed by atoms with Gasteiger partial charge in [0.1, 0.15) is 12.1 Å². The van der Waals surface area contributed by atoms with Crippen LogP contribution in [0.3, 0.4) is 0 Å². The summed E-state index contributed by atoms with van der Waals surface area (Å²) in [6, 6.07) is 2.25. The standard InChI is InChI=1S/C12H13ClN4O/c1-16(8-2-3-8)10(18)6-17-7-15-11-9(17)4-5-14-12(11)13/h4-5,7-8H,2-3,6H2,1H3. The van der Waals surface area contributed by atoms with Gasteiger partial charge in [0.15, 0.2) is 5.15 Å². The minimum absolute atomic E-state index is 0.102. The Balaban J connectivity index is 1.86. The largest absolute Gasteiger partial charge is 0.341 e. The summed E-state index contributed by atoms with van der Waals surface area (Å²) in [4.78, 5) is 22.0. The van der Waals surface area contributed by atoms with Crippen LogP contribution in [0, 0.1) is 0 Å². The van der Waals surface area contributed by atoms with Gasteiger partial charge in [-0.3, -0.25) is 4.79 Å². The van der Waals surface area contributed by atoms with Gasteiger partial charge in [-0.1, -0.05) is 11.6 Å². The van der Waals surface area contributed by atoms with Crippen LogP contribution in [0.4, 0.5) is 0 Å². The lowest BCUT2D eigenvalue weighted by atomic mass is 10.4. The average molecular weight is 265 g/mol. The van der Waals surface area contributed by atoms with E-state index >= 15 is 0 Å². The van der Waals surface area contributed by atoms with Gasteiger partial charge in [-0.05, 0) is 18.9 Å². The van der Waals surface area contributed by atoms with Crippen LogP contribution in [0.25, 0.3) is 11.0 Å². The highest BCUT2D eigenvalue weighted by molar-refractivity contribution is 6.33. The Morgan fingerprint density at radius 2 is 2.33 bits per heavy atom. The molecule has 0 N–H and O–H groups in total. The minimum Gasteiger partial charge on any atom is -0.341 e. The molecule has 0 aromatic carbocycles. The van der Waals surface area contributed by atoms with Crippen molar-refractivity contribution in [3.8, 4) is 0 Å². The number of carbonyl (C=O) groups is 1. The van der Waals surface area contributed by atoms with E-state index < -0.39 is 0 Å². The second-order valence-electron chi connectivity index (χ2n) is 4.58. The van der Waals surface area contributed by atoms with Crippen molar-refractivity contribution >= 4 is 28.5 Å². The van der Waals surface area contributed by atoms with Crippen molar-refractivity contribution in [2.45, 2.75) is 25.4 Å². The number of aromatic nitrogens is 3. The fourth-order valence-corrected chi connectivity index (χ4v) is 2.21. The molecule has 1 aliphatic carbocycles. The van der Waals surface area contributed by atoms with E-state index in [1.165, 1.54) is 0 Å². The highest BCUT2D eigenvalue weighted by Crippen LogP contribution is 2.26. The Bertz CT molecular complexity index is 605. The Hall–Kier alpha value is -1.62.